The molecule has 0 unspecified atom stereocenters. The molecule has 1 aromatic heterocycles. The van der Waals surface area contributed by atoms with Crippen molar-refractivity contribution in [2.45, 2.75) is 0 Å². The molecule has 0 saturated carbocycles. The summed E-state index contributed by atoms with van der Waals surface area (Å²) in [5, 5.41) is 7.48. The summed E-state index contributed by atoms with van der Waals surface area (Å²) >= 11 is 0. The summed E-state index contributed by atoms with van der Waals surface area (Å²) in [4.78, 5) is 4.65. The van der Waals surface area contributed by atoms with E-state index in [-0.39, 0.29) is 0 Å². The average Bonchev–Trinajstić information content (AvgIpc) is 2.65. The van der Waals surface area contributed by atoms with Gasteiger partial charge in [-0.05, 0) is 51.2 Å². The zero-order chi connectivity index (χ0) is 15.9. The van der Waals surface area contributed by atoms with Crippen LogP contribution in [0.2, 0.25) is 0 Å². The van der Waals surface area contributed by atoms with Gasteiger partial charge in [0.1, 0.15) is 0 Å². The van der Waals surface area contributed by atoms with E-state index < -0.39 is 0 Å². The van der Waals surface area contributed by atoms with Crippen molar-refractivity contribution in [1.29, 1.82) is 0 Å². The molecule has 0 saturated heterocycles. The minimum absolute atomic E-state index is 1.04. The lowest BCUT2D eigenvalue weighted by molar-refractivity contribution is 1.36. The van der Waals surface area contributed by atoms with Crippen LogP contribution in [0, 0.1) is 0 Å². The first-order valence-electron chi connectivity index (χ1n) is 8.15. The number of aromatic nitrogens is 1. The third-order valence-corrected chi connectivity index (χ3v) is 4.65. The Kier molecular flexibility index (Phi) is 2.86. The maximum Gasteiger partial charge on any atom is 0.0780 e. The maximum atomic E-state index is 4.65. The van der Waals surface area contributed by atoms with E-state index in [4.69, 9.17) is 0 Å². The summed E-state index contributed by atoms with van der Waals surface area (Å²) in [6, 6.07) is 30.1. The van der Waals surface area contributed by atoms with Gasteiger partial charge in [0, 0.05) is 17.1 Å². The molecule has 0 atom stereocenters. The van der Waals surface area contributed by atoms with Crippen molar-refractivity contribution in [3.8, 4) is 11.3 Å². The van der Waals surface area contributed by atoms with E-state index in [1.54, 1.807) is 0 Å². The van der Waals surface area contributed by atoms with Crippen molar-refractivity contribution in [1.82, 2.24) is 4.98 Å². The molecule has 1 heterocycles. The normalized spacial score (nSPS) is 11.3. The lowest BCUT2D eigenvalue weighted by Crippen LogP contribution is -1.86. The number of pyridine rings is 1. The fraction of sp³-hybridized carbons (Fsp3) is 0. The van der Waals surface area contributed by atoms with Crippen LogP contribution in [0.5, 0.6) is 0 Å². The third kappa shape index (κ3) is 2.06. The molecule has 0 aliphatic carbocycles. The van der Waals surface area contributed by atoms with Gasteiger partial charge in [0.15, 0.2) is 0 Å². The Labute approximate surface area is 140 Å². The second-order valence-electron chi connectivity index (χ2n) is 6.14. The highest BCUT2D eigenvalue weighted by Crippen LogP contribution is 2.30. The molecule has 0 fully saturated rings. The van der Waals surface area contributed by atoms with Gasteiger partial charge in [-0.25, -0.2) is 0 Å². The quantitative estimate of drug-likeness (QED) is 0.336. The van der Waals surface area contributed by atoms with Gasteiger partial charge < -0.3 is 0 Å². The lowest BCUT2D eigenvalue weighted by atomic mass is 9.98. The molecular weight excluding hydrogens is 290 g/mol. The fourth-order valence-electron chi connectivity index (χ4n) is 3.44. The minimum Gasteiger partial charge on any atom is -0.256 e. The van der Waals surface area contributed by atoms with Gasteiger partial charge in [-0.15, -0.1) is 0 Å². The van der Waals surface area contributed by atoms with Gasteiger partial charge in [0.25, 0.3) is 0 Å². The highest BCUT2D eigenvalue weighted by atomic mass is 14.7. The van der Waals surface area contributed by atoms with Crippen molar-refractivity contribution in [3.63, 3.8) is 0 Å². The Morgan fingerprint density at radius 2 is 1.17 bits per heavy atom. The van der Waals surface area contributed by atoms with Gasteiger partial charge in [-0.2, -0.15) is 0 Å². The van der Waals surface area contributed by atoms with Crippen molar-refractivity contribution < 1.29 is 0 Å². The van der Waals surface area contributed by atoms with Crippen LogP contribution in [0.15, 0.2) is 91.1 Å². The molecule has 0 N–H and O–H groups in total. The van der Waals surface area contributed by atoms with Crippen LogP contribution in [0.25, 0.3) is 43.6 Å². The third-order valence-electron chi connectivity index (χ3n) is 4.65. The Hall–Kier alpha value is -3.19. The summed E-state index contributed by atoms with van der Waals surface area (Å²) < 4.78 is 0. The molecule has 0 aliphatic heterocycles. The first-order valence-corrected chi connectivity index (χ1v) is 8.15. The van der Waals surface area contributed by atoms with E-state index >= 15 is 0 Å². The predicted octanol–water partition coefficient (Wildman–Crippen LogP) is 6.21. The van der Waals surface area contributed by atoms with Crippen LogP contribution in [-0.4, -0.2) is 4.98 Å². The molecule has 0 amide bonds. The smallest absolute Gasteiger partial charge is 0.0780 e. The molecule has 0 spiro atoms. The zero-order valence-electron chi connectivity index (χ0n) is 13.1. The average molecular weight is 305 g/mol. The molecular formula is C23H15N. The Morgan fingerprint density at radius 1 is 0.500 bits per heavy atom. The van der Waals surface area contributed by atoms with Gasteiger partial charge in [0.05, 0.1) is 5.69 Å². The molecule has 0 radical (unpaired) electrons. The first kappa shape index (κ1) is 13.3. The molecule has 4 aromatic carbocycles. The van der Waals surface area contributed by atoms with E-state index in [1.807, 2.05) is 6.20 Å². The number of nitrogens with zero attached hydrogens (tertiary/aromatic N) is 1. The fourth-order valence-corrected chi connectivity index (χ4v) is 3.44. The Morgan fingerprint density at radius 3 is 2.00 bits per heavy atom. The standard InChI is InChI=1S/C23H15N/c1-2-7-18-14-21-15-20(10-9-19(21)13-17(18)6-1)23-22-8-4-3-5-16(22)11-12-24-23/h1-15H. The molecule has 0 bridgehead atoms. The number of hydrogen-bond acceptors (Lipinski definition) is 1. The largest absolute Gasteiger partial charge is 0.256 e. The molecule has 1 nitrogen and oxygen atoms in total. The van der Waals surface area contributed by atoms with Gasteiger partial charge >= 0.3 is 0 Å². The van der Waals surface area contributed by atoms with Crippen LogP contribution < -0.4 is 0 Å². The SMILES string of the molecule is c1ccc2cc3cc(-c4nccc5ccccc45)ccc3cc2c1. The first-order chi connectivity index (χ1) is 11.9. The number of benzene rings is 4. The van der Waals surface area contributed by atoms with Gasteiger partial charge in [0.2, 0.25) is 0 Å². The van der Waals surface area contributed by atoms with E-state index in [9.17, 15) is 0 Å². The predicted molar refractivity (Wildman–Crippen MR) is 102 cm³/mol. The van der Waals surface area contributed by atoms with Crippen molar-refractivity contribution in [3.05, 3.63) is 91.1 Å². The summed E-state index contributed by atoms with van der Waals surface area (Å²) in [6.07, 6.45) is 1.89. The summed E-state index contributed by atoms with van der Waals surface area (Å²) in [7, 11) is 0. The van der Waals surface area contributed by atoms with Crippen LogP contribution >= 0.6 is 0 Å². The number of rotatable bonds is 1. The molecule has 1 heteroatoms. The molecule has 5 aromatic rings. The van der Waals surface area contributed by atoms with Crippen molar-refractivity contribution >= 4 is 32.3 Å². The Bertz CT molecular complexity index is 1200. The van der Waals surface area contributed by atoms with E-state index in [1.165, 1.54) is 32.3 Å². The maximum absolute atomic E-state index is 4.65. The second kappa shape index (κ2) is 5.17. The van der Waals surface area contributed by atoms with E-state index in [2.05, 4.69) is 89.9 Å². The monoisotopic (exact) mass is 305 g/mol. The van der Waals surface area contributed by atoms with E-state index in [0.717, 1.165) is 11.3 Å². The summed E-state index contributed by atoms with van der Waals surface area (Å²) in [5.74, 6) is 0. The molecule has 112 valence electrons. The van der Waals surface area contributed by atoms with Crippen molar-refractivity contribution in [2.24, 2.45) is 0 Å². The van der Waals surface area contributed by atoms with Crippen LogP contribution in [0.4, 0.5) is 0 Å². The van der Waals surface area contributed by atoms with Crippen LogP contribution in [0.3, 0.4) is 0 Å². The topological polar surface area (TPSA) is 12.9 Å². The van der Waals surface area contributed by atoms with Gasteiger partial charge in [-0.1, -0.05) is 60.7 Å². The summed E-state index contributed by atoms with van der Waals surface area (Å²) in [6.45, 7) is 0. The summed E-state index contributed by atoms with van der Waals surface area (Å²) in [5.41, 5.74) is 2.21. The highest BCUT2D eigenvalue weighted by molar-refractivity contribution is 6.01. The molecule has 0 aliphatic rings. The highest BCUT2D eigenvalue weighted by Gasteiger charge is 2.06. The van der Waals surface area contributed by atoms with Gasteiger partial charge in [-0.3, -0.25) is 4.98 Å². The minimum atomic E-state index is 1.04. The number of fused-ring (bicyclic) bond motifs is 3. The molecule has 24 heavy (non-hydrogen) atoms. The molecule has 5 rings (SSSR count). The zero-order valence-corrected chi connectivity index (χ0v) is 13.1. The second-order valence-corrected chi connectivity index (χ2v) is 6.14. The van der Waals surface area contributed by atoms with E-state index in [0.29, 0.717) is 0 Å². The Balaban J connectivity index is 1.78. The van der Waals surface area contributed by atoms with Crippen LogP contribution in [0.1, 0.15) is 0 Å². The van der Waals surface area contributed by atoms with Crippen LogP contribution in [-0.2, 0) is 0 Å². The van der Waals surface area contributed by atoms with Crippen molar-refractivity contribution in [2.75, 3.05) is 0 Å². The number of hydrogen-bond donors (Lipinski definition) is 0. The lowest BCUT2D eigenvalue weighted by Gasteiger charge is -2.08.